The fourth-order valence-electron chi connectivity index (χ4n) is 2.63. The lowest BCUT2D eigenvalue weighted by atomic mass is 10.1. The predicted molar refractivity (Wildman–Crippen MR) is 82.3 cm³/mol. The van der Waals surface area contributed by atoms with Gasteiger partial charge >= 0.3 is 0 Å². The zero-order chi connectivity index (χ0) is 13.0. The maximum atomic E-state index is 3.67. The van der Waals surface area contributed by atoms with Gasteiger partial charge in [0.15, 0.2) is 0 Å². The molecule has 1 nitrogen and oxygen atoms in total. The summed E-state index contributed by atoms with van der Waals surface area (Å²) in [6, 6.07) is 9.49. The number of benzene rings is 1. The Morgan fingerprint density at radius 3 is 2.83 bits per heavy atom. The third-order valence-corrected chi connectivity index (χ3v) is 4.97. The van der Waals surface area contributed by atoms with Gasteiger partial charge < -0.3 is 5.32 Å². The zero-order valence-electron chi connectivity index (χ0n) is 11.8. The Labute approximate surface area is 116 Å². The van der Waals surface area contributed by atoms with Gasteiger partial charge in [0.25, 0.3) is 0 Å². The molecule has 2 rings (SSSR count). The van der Waals surface area contributed by atoms with E-state index >= 15 is 0 Å². The second kappa shape index (κ2) is 6.63. The second-order valence-corrected chi connectivity index (χ2v) is 6.88. The number of rotatable bonds is 6. The molecule has 2 unspecified atom stereocenters. The van der Waals surface area contributed by atoms with Crippen molar-refractivity contribution in [1.82, 2.24) is 5.32 Å². The van der Waals surface area contributed by atoms with E-state index < -0.39 is 0 Å². The molecule has 0 saturated heterocycles. The molecule has 18 heavy (non-hydrogen) atoms. The molecule has 0 fully saturated rings. The van der Waals surface area contributed by atoms with Gasteiger partial charge in [-0.25, -0.2) is 0 Å². The van der Waals surface area contributed by atoms with E-state index in [1.165, 1.54) is 24.2 Å². The lowest BCUT2D eigenvalue weighted by Gasteiger charge is -2.21. The zero-order valence-corrected chi connectivity index (χ0v) is 12.6. The molecule has 0 spiro atoms. The Kier molecular flexibility index (Phi) is 5.13. The van der Waals surface area contributed by atoms with Gasteiger partial charge in [0.1, 0.15) is 0 Å². The summed E-state index contributed by atoms with van der Waals surface area (Å²) < 4.78 is 0. The number of thioether (sulfide) groups is 1. The summed E-state index contributed by atoms with van der Waals surface area (Å²) in [5.74, 6) is 2.11. The summed E-state index contributed by atoms with van der Waals surface area (Å²) in [4.78, 5) is 0. The number of fused-ring (bicyclic) bond motifs is 1. The van der Waals surface area contributed by atoms with Gasteiger partial charge in [-0.2, -0.15) is 11.8 Å². The highest BCUT2D eigenvalue weighted by Gasteiger charge is 2.31. The van der Waals surface area contributed by atoms with Gasteiger partial charge in [0.05, 0.1) is 0 Å². The van der Waals surface area contributed by atoms with Gasteiger partial charge in [-0.15, -0.1) is 0 Å². The number of hydrogen-bond acceptors (Lipinski definition) is 2. The van der Waals surface area contributed by atoms with E-state index in [0.717, 1.165) is 17.7 Å². The van der Waals surface area contributed by atoms with Crippen molar-refractivity contribution < 1.29 is 0 Å². The van der Waals surface area contributed by atoms with Gasteiger partial charge in [0, 0.05) is 11.3 Å². The van der Waals surface area contributed by atoms with E-state index in [2.05, 4.69) is 62.1 Å². The largest absolute Gasteiger partial charge is 0.309 e. The van der Waals surface area contributed by atoms with Crippen LogP contribution in [0.25, 0.3) is 0 Å². The average molecular weight is 263 g/mol. The summed E-state index contributed by atoms with van der Waals surface area (Å²) in [5, 5.41) is 4.39. The molecule has 2 heteroatoms. The van der Waals surface area contributed by atoms with Crippen LogP contribution < -0.4 is 5.32 Å². The molecule has 0 radical (unpaired) electrons. The van der Waals surface area contributed by atoms with E-state index in [0.29, 0.717) is 6.04 Å². The van der Waals surface area contributed by atoms with Crippen molar-refractivity contribution >= 4 is 11.8 Å². The van der Waals surface area contributed by atoms with Crippen LogP contribution in [0.3, 0.4) is 0 Å². The van der Waals surface area contributed by atoms with E-state index in [9.17, 15) is 0 Å². The highest BCUT2D eigenvalue weighted by molar-refractivity contribution is 7.99. The van der Waals surface area contributed by atoms with Crippen LogP contribution >= 0.6 is 11.8 Å². The summed E-state index contributed by atoms with van der Waals surface area (Å²) in [6.07, 6.45) is 2.56. The molecule has 2 atom stereocenters. The van der Waals surface area contributed by atoms with E-state index in [1.807, 2.05) is 0 Å². The SMILES string of the molecule is CCNC1c2ccccc2CC1SCCC(C)C. The van der Waals surface area contributed by atoms with Crippen LogP contribution in [0.15, 0.2) is 24.3 Å². The van der Waals surface area contributed by atoms with E-state index in [1.54, 1.807) is 5.56 Å². The van der Waals surface area contributed by atoms with E-state index in [4.69, 9.17) is 0 Å². The molecule has 1 aliphatic carbocycles. The smallest absolute Gasteiger partial charge is 0.0446 e. The fourth-order valence-corrected chi connectivity index (χ4v) is 4.27. The quantitative estimate of drug-likeness (QED) is 0.831. The molecular formula is C16H25NS. The van der Waals surface area contributed by atoms with Crippen LogP contribution in [0.1, 0.15) is 44.4 Å². The third-order valence-electron chi connectivity index (χ3n) is 3.63. The molecule has 1 aromatic rings. The Hall–Kier alpha value is -0.470. The van der Waals surface area contributed by atoms with Crippen molar-refractivity contribution in [2.24, 2.45) is 5.92 Å². The highest BCUT2D eigenvalue weighted by Crippen LogP contribution is 2.38. The summed E-state index contributed by atoms with van der Waals surface area (Å²) >= 11 is 2.15. The second-order valence-electron chi connectivity index (χ2n) is 5.53. The van der Waals surface area contributed by atoms with Crippen molar-refractivity contribution in [2.75, 3.05) is 12.3 Å². The lowest BCUT2D eigenvalue weighted by molar-refractivity contribution is 0.558. The molecule has 0 aliphatic heterocycles. The minimum atomic E-state index is 0.559. The minimum absolute atomic E-state index is 0.559. The van der Waals surface area contributed by atoms with Crippen molar-refractivity contribution in [3.05, 3.63) is 35.4 Å². The van der Waals surface area contributed by atoms with Gasteiger partial charge in [-0.05, 0) is 42.2 Å². The first-order chi connectivity index (χ1) is 8.72. The van der Waals surface area contributed by atoms with Crippen LogP contribution in [0, 0.1) is 5.92 Å². The molecule has 0 saturated carbocycles. The fraction of sp³-hybridized carbons (Fsp3) is 0.625. The van der Waals surface area contributed by atoms with Crippen LogP contribution in [0.5, 0.6) is 0 Å². The Morgan fingerprint density at radius 2 is 2.11 bits per heavy atom. The van der Waals surface area contributed by atoms with Crippen LogP contribution in [-0.2, 0) is 6.42 Å². The summed E-state index contributed by atoms with van der Waals surface area (Å²) in [6.45, 7) is 7.88. The van der Waals surface area contributed by atoms with Gasteiger partial charge in [-0.3, -0.25) is 0 Å². The highest BCUT2D eigenvalue weighted by atomic mass is 32.2. The Bertz CT molecular complexity index is 375. The van der Waals surface area contributed by atoms with Crippen molar-refractivity contribution in [3.8, 4) is 0 Å². The van der Waals surface area contributed by atoms with Crippen molar-refractivity contribution in [3.63, 3.8) is 0 Å². The summed E-state index contributed by atoms with van der Waals surface area (Å²) in [7, 11) is 0. The molecule has 0 bridgehead atoms. The van der Waals surface area contributed by atoms with Gasteiger partial charge in [0.2, 0.25) is 0 Å². The lowest BCUT2D eigenvalue weighted by Crippen LogP contribution is -2.27. The standard InChI is InChI=1S/C16H25NS/c1-4-17-16-14-8-6-5-7-13(14)11-15(16)18-10-9-12(2)3/h5-8,12,15-17H,4,9-11H2,1-3H3. The molecule has 0 amide bonds. The monoisotopic (exact) mass is 263 g/mol. The maximum Gasteiger partial charge on any atom is 0.0446 e. The summed E-state index contributed by atoms with van der Waals surface area (Å²) in [5.41, 5.74) is 3.08. The maximum absolute atomic E-state index is 3.67. The molecular weight excluding hydrogens is 238 g/mol. The third kappa shape index (κ3) is 3.30. The molecule has 1 aliphatic rings. The van der Waals surface area contributed by atoms with Crippen LogP contribution in [-0.4, -0.2) is 17.5 Å². The Morgan fingerprint density at radius 1 is 1.33 bits per heavy atom. The molecule has 1 aromatic carbocycles. The molecule has 1 N–H and O–H groups in total. The number of hydrogen-bond donors (Lipinski definition) is 1. The van der Waals surface area contributed by atoms with Gasteiger partial charge in [-0.1, -0.05) is 45.0 Å². The first kappa shape index (κ1) is 14.0. The van der Waals surface area contributed by atoms with Crippen molar-refractivity contribution in [1.29, 1.82) is 0 Å². The molecule has 0 aromatic heterocycles. The van der Waals surface area contributed by atoms with Crippen LogP contribution in [0.2, 0.25) is 0 Å². The average Bonchev–Trinajstić information content (AvgIpc) is 2.68. The molecule has 0 heterocycles. The van der Waals surface area contributed by atoms with Crippen LogP contribution in [0.4, 0.5) is 0 Å². The first-order valence-electron chi connectivity index (χ1n) is 7.15. The molecule has 100 valence electrons. The van der Waals surface area contributed by atoms with Crippen molar-refractivity contribution in [2.45, 2.75) is 44.9 Å². The normalized spacial score (nSPS) is 22.4. The first-order valence-corrected chi connectivity index (χ1v) is 8.20. The minimum Gasteiger partial charge on any atom is -0.309 e. The number of nitrogens with one attached hydrogen (secondary N) is 1. The Balaban J connectivity index is 1.99. The topological polar surface area (TPSA) is 12.0 Å². The van der Waals surface area contributed by atoms with E-state index in [-0.39, 0.29) is 0 Å². The predicted octanol–water partition coefficient (Wildman–Crippen LogP) is 4.04.